The largest absolute Gasteiger partial charge is 0.384 e. The number of nitrogens with zero attached hydrogens (tertiary/aromatic N) is 1. The second-order valence-electron chi connectivity index (χ2n) is 4.39. The summed E-state index contributed by atoms with van der Waals surface area (Å²) in [5, 5.41) is 14.7. The molecule has 0 aliphatic carbocycles. The van der Waals surface area contributed by atoms with E-state index in [1.54, 1.807) is 24.3 Å². The number of hydrogen-bond donors (Lipinski definition) is 2. The van der Waals surface area contributed by atoms with Crippen molar-refractivity contribution >= 4 is 33.2 Å². The number of amides is 1. The lowest BCUT2D eigenvalue weighted by molar-refractivity contribution is -0.115. The molecule has 2 aromatic rings. The third kappa shape index (κ3) is 4.62. The number of anilines is 2. The minimum Gasteiger partial charge on any atom is -0.384 e. The second kappa shape index (κ2) is 7.46. The number of hydrogen-bond acceptors (Lipinski definition) is 3. The fourth-order valence-electron chi connectivity index (χ4n) is 1.77. The first-order valence-corrected chi connectivity index (χ1v) is 7.27. The minimum atomic E-state index is -0.0701. The molecule has 106 valence electrons. The molecular formula is C16H14BrN3O. The first-order valence-electron chi connectivity index (χ1n) is 6.47. The number of carbonyl (C=O) groups is 1. The molecule has 1 amide bonds. The van der Waals surface area contributed by atoms with Gasteiger partial charge in [-0.05, 0) is 52.3 Å². The summed E-state index contributed by atoms with van der Waals surface area (Å²) in [6.45, 7) is 0.546. The van der Waals surface area contributed by atoms with Crippen LogP contribution in [0.5, 0.6) is 0 Å². The van der Waals surface area contributed by atoms with Crippen LogP contribution in [0, 0.1) is 11.3 Å². The van der Waals surface area contributed by atoms with E-state index in [0.717, 1.165) is 10.2 Å². The van der Waals surface area contributed by atoms with Crippen LogP contribution >= 0.6 is 15.9 Å². The highest BCUT2D eigenvalue weighted by Crippen LogP contribution is 2.20. The highest BCUT2D eigenvalue weighted by molar-refractivity contribution is 9.10. The van der Waals surface area contributed by atoms with Crippen LogP contribution in [-0.4, -0.2) is 12.5 Å². The summed E-state index contributed by atoms with van der Waals surface area (Å²) in [5.74, 6) is -0.0701. The number of benzene rings is 2. The van der Waals surface area contributed by atoms with Crippen LogP contribution < -0.4 is 10.6 Å². The standard InChI is InChI=1S/C16H14BrN3O/c17-14-3-1-2-4-15(14)19-10-9-16(21)20-13-7-5-12(11-18)6-8-13/h1-8,19H,9-10H2,(H,20,21). The number of rotatable bonds is 5. The van der Waals surface area contributed by atoms with Gasteiger partial charge in [-0.25, -0.2) is 0 Å². The molecule has 0 fully saturated rings. The van der Waals surface area contributed by atoms with Crippen LogP contribution in [-0.2, 0) is 4.79 Å². The predicted octanol–water partition coefficient (Wildman–Crippen LogP) is 3.76. The Morgan fingerprint density at radius 1 is 1.14 bits per heavy atom. The smallest absolute Gasteiger partial charge is 0.226 e. The fourth-order valence-corrected chi connectivity index (χ4v) is 2.19. The van der Waals surface area contributed by atoms with Crippen LogP contribution in [0.4, 0.5) is 11.4 Å². The van der Waals surface area contributed by atoms with Gasteiger partial charge in [0.1, 0.15) is 0 Å². The molecule has 2 N–H and O–H groups in total. The molecule has 0 aromatic heterocycles. The van der Waals surface area contributed by atoms with Gasteiger partial charge in [-0.2, -0.15) is 5.26 Å². The molecule has 0 saturated heterocycles. The number of halogens is 1. The van der Waals surface area contributed by atoms with Crippen molar-refractivity contribution in [2.75, 3.05) is 17.2 Å². The lowest BCUT2D eigenvalue weighted by atomic mass is 10.2. The van der Waals surface area contributed by atoms with Gasteiger partial charge in [0.25, 0.3) is 0 Å². The Morgan fingerprint density at radius 2 is 1.86 bits per heavy atom. The van der Waals surface area contributed by atoms with Gasteiger partial charge < -0.3 is 10.6 Å². The first-order chi connectivity index (χ1) is 10.2. The first kappa shape index (κ1) is 15.1. The summed E-state index contributed by atoms with van der Waals surface area (Å²) in [5.41, 5.74) is 2.23. The monoisotopic (exact) mass is 343 g/mol. The Kier molecular flexibility index (Phi) is 5.35. The van der Waals surface area contributed by atoms with E-state index in [4.69, 9.17) is 5.26 Å². The summed E-state index contributed by atoms with van der Waals surface area (Å²) < 4.78 is 0.970. The average molecular weight is 344 g/mol. The topological polar surface area (TPSA) is 64.9 Å². The van der Waals surface area contributed by atoms with Gasteiger partial charge in [-0.3, -0.25) is 4.79 Å². The minimum absolute atomic E-state index is 0.0701. The zero-order chi connectivity index (χ0) is 15.1. The third-order valence-electron chi connectivity index (χ3n) is 2.84. The van der Waals surface area contributed by atoms with Crippen LogP contribution in [0.1, 0.15) is 12.0 Å². The molecule has 0 saturated carbocycles. The van der Waals surface area contributed by atoms with Crippen molar-refractivity contribution in [2.45, 2.75) is 6.42 Å². The number of nitriles is 1. The summed E-state index contributed by atoms with van der Waals surface area (Å²) in [6.07, 6.45) is 0.362. The molecule has 0 aliphatic rings. The molecule has 0 spiro atoms. The van der Waals surface area contributed by atoms with Gasteiger partial charge in [0.05, 0.1) is 11.6 Å². The Labute approximate surface area is 131 Å². The molecule has 4 nitrogen and oxygen atoms in total. The zero-order valence-electron chi connectivity index (χ0n) is 11.3. The summed E-state index contributed by atoms with van der Waals surface area (Å²) in [6, 6.07) is 16.6. The van der Waals surface area contributed by atoms with E-state index in [-0.39, 0.29) is 5.91 Å². The van der Waals surface area contributed by atoms with E-state index in [9.17, 15) is 4.79 Å². The molecule has 0 unspecified atom stereocenters. The molecule has 21 heavy (non-hydrogen) atoms. The Balaban J connectivity index is 1.80. The van der Waals surface area contributed by atoms with Crippen molar-refractivity contribution < 1.29 is 4.79 Å². The summed E-state index contributed by atoms with van der Waals surface area (Å²) >= 11 is 3.44. The Hall–Kier alpha value is -2.32. The molecule has 5 heteroatoms. The highest BCUT2D eigenvalue weighted by atomic mass is 79.9. The van der Waals surface area contributed by atoms with Gasteiger partial charge in [0.2, 0.25) is 5.91 Å². The fraction of sp³-hybridized carbons (Fsp3) is 0.125. The maximum Gasteiger partial charge on any atom is 0.226 e. The van der Waals surface area contributed by atoms with Crippen molar-refractivity contribution in [3.63, 3.8) is 0 Å². The van der Waals surface area contributed by atoms with Crippen molar-refractivity contribution in [3.8, 4) is 6.07 Å². The van der Waals surface area contributed by atoms with E-state index < -0.39 is 0 Å². The van der Waals surface area contributed by atoms with Gasteiger partial charge in [0.15, 0.2) is 0 Å². The van der Waals surface area contributed by atoms with E-state index in [2.05, 4.69) is 26.6 Å². The SMILES string of the molecule is N#Cc1ccc(NC(=O)CCNc2ccccc2Br)cc1. The molecule has 0 aliphatic heterocycles. The number of nitrogens with one attached hydrogen (secondary N) is 2. The molecule has 2 rings (SSSR count). The lowest BCUT2D eigenvalue weighted by Gasteiger charge is -2.09. The lowest BCUT2D eigenvalue weighted by Crippen LogP contribution is -2.16. The number of para-hydroxylation sites is 1. The highest BCUT2D eigenvalue weighted by Gasteiger charge is 2.03. The van der Waals surface area contributed by atoms with E-state index in [0.29, 0.717) is 24.2 Å². The van der Waals surface area contributed by atoms with Crippen LogP contribution in [0.2, 0.25) is 0 Å². The molecule has 0 bridgehead atoms. The van der Waals surface area contributed by atoms with Crippen molar-refractivity contribution in [3.05, 3.63) is 58.6 Å². The molecular weight excluding hydrogens is 330 g/mol. The van der Waals surface area contributed by atoms with Crippen LogP contribution in [0.25, 0.3) is 0 Å². The van der Waals surface area contributed by atoms with Crippen molar-refractivity contribution in [1.82, 2.24) is 0 Å². The van der Waals surface area contributed by atoms with Gasteiger partial charge >= 0.3 is 0 Å². The maximum absolute atomic E-state index is 11.8. The van der Waals surface area contributed by atoms with Crippen LogP contribution in [0.15, 0.2) is 53.0 Å². The Bertz CT molecular complexity index is 662. The second-order valence-corrected chi connectivity index (χ2v) is 5.25. The normalized spacial score (nSPS) is 9.71. The molecule has 0 atom stereocenters. The quantitative estimate of drug-likeness (QED) is 0.868. The van der Waals surface area contributed by atoms with Gasteiger partial charge in [0, 0.05) is 28.8 Å². The summed E-state index contributed by atoms with van der Waals surface area (Å²) in [7, 11) is 0. The Morgan fingerprint density at radius 3 is 2.52 bits per heavy atom. The van der Waals surface area contributed by atoms with Crippen molar-refractivity contribution in [1.29, 1.82) is 5.26 Å². The van der Waals surface area contributed by atoms with E-state index in [1.807, 2.05) is 30.3 Å². The van der Waals surface area contributed by atoms with E-state index >= 15 is 0 Å². The van der Waals surface area contributed by atoms with E-state index in [1.165, 1.54) is 0 Å². The average Bonchev–Trinajstić information content (AvgIpc) is 2.50. The van der Waals surface area contributed by atoms with Crippen LogP contribution in [0.3, 0.4) is 0 Å². The van der Waals surface area contributed by atoms with Gasteiger partial charge in [-0.15, -0.1) is 0 Å². The predicted molar refractivity (Wildman–Crippen MR) is 87.0 cm³/mol. The molecule has 0 heterocycles. The molecule has 0 radical (unpaired) electrons. The maximum atomic E-state index is 11.8. The third-order valence-corrected chi connectivity index (χ3v) is 3.53. The summed E-state index contributed by atoms with van der Waals surface area (Å²) in [4.78, 5) is 11.8. The molecule has 2 aromatic carbocycles. The van der Waals surface area contributed by atoms with Crippen molar-refractivity contribution in [2.24, 2.45) is 0 Å². The van der Waals surface area contributed by atoms with Gasteiger partial charge in [-0.1, -0.05) is 12.1 Å². The zero-order valence-corrected chi connectivity index (χ0v) is 12.9. The number of carbonyl (C=O) groups excluding carboxylic acids is 1.